The zero-order chi connectivity index (χ0) is 14.2. The summed E-state index contributed by atoms with van der Waals surface area (Å²) in [5.41, 5.74) is 5.06. The highest BCUT2D eigenvalue weighted by Gasteiger charge is 2.28. The molecule has 100 valence electrons. The van der Waals surface area contributed by atoms with E-state index in [9.17, 15) is 13.2 Å². The molecule has 1 nitrogen and oxygen atoms in total. The highest BCUT2D eigenvalue weighted by molar-refractivity contribution is 9.10. The molecule has 2 aromatic carbocycles. The van der Waals surface area contributed by atoms with Crippen LogP contribution in [0.2, 0.25) is 0 Å². The van der Waals surface area contributed by atoms with Crippen molar-refractivity contribution in [1.29, 1.82) is 0 Å². The predicted octanol–water partition coefficient (Wildman–Crippen LogP) is 4.09. The highest BCUT2D eigenvalue weighted by Crippen LogP contribution is 2.32. The second kappa shape index (κ2) is 4.98. The van der Waals surface area contributed by atoms with Crippen LogP contribution in [0.25, 0.3) is 0 Å². The van der Waals surface area contributed by atoms with Crippen molar-refractivity contribution in [3.63, 3.8) is 0 Å². The minimum Gasteiger partial charge on any atom is -0.318 e. The molecule has 2 aromatic rings. The maximum Gasteiger partial charge on any atom is 0.142 e. The van der Waals surface area contributed by atoms with E-state index in [1.165, 1.54) is 19.1 Å². The molecule has 0 saturated heterocycles. The summed E-state index contributed by atoms with van der Waals surface area (Å²) in [4.78, 5) is 0. The van der Waals surface area contributed by atoms with Crippen molar-refractivity contribution in [2.45, 2.75) is 12.5 Å². The van der Waals surface area contributed by atoms with Gasteiger partial charge >= 0.3 is 0 Å². The van der Waals surface area contributed by atoms with Crippen molar-refractivity contribution in [3.05, 3.63) is 69.4 Å². The lowest BCUT2D eigenvalue weighted by Crippen LogP contribution is -2.35. The predicted molar refractivity (Wildman–Crippen MR) is 71.1 cm³/mol. The first kappa shape index (κ1) is 14.1. The van der Waals surface area contributed by atoms with Crippen LogP contribution < -0.4 is 5.73 Å². The zero-order valence-corrected chi connectivity index (χ0v) is 11.6. The second-order valence-corrected chi connectivity index (χ2v) is 5.32. The minimum atomic E-state index is -1.34. The van der Waals surface area contributed by atoms with Crippen LogP contribution in [-0.2, 0) is 5.54 Å². The summed E-state index contributed by atoms with van der Waals surface area (Å²) in [6.45, 7) is 1.51. The molecule has 0 fully saturated rings. The van der Waals surface area contributed by atoms with Gasteiger partial charge in [-0.1, -0.05) is 12.1 Å². The summed E-state index contributed by atoms with van der Waals surface area (Å²) < 4.78 is 40.8. The fourth-order valence-electron chi connectivity index (χ4n) is 1.91. The van der Waals surface area contributed by atoms with Crippen molar-refractivity contribution in [3.8, 4) is 0 Å². The van der Waals surface area contributed by atoms with E-state index >= 15 is 0 Å². The lowest BCUT2D eigenvalue weighted by Gasteiger charge is -2.26. The summed E-state index contributed by atoms with van der Waals surface area (Å²) in [6, 6.07) is 7.58. The normalized spacial score (nSPS) is 14.2. The number of nitrogens with two attached hydrogens (primary N) is 1. The first-order valence-electron chi connectivity index (χ1n) is 5.52. The van der Waals surface area contributed by atoms with Crippen molar-refractivity contribution in [2.75, 3.05) is 0 Å². The first-order valence-corrected chi connectivity index (χ1v) is 6.31. The monoisotopic (exact) mass is 329 g/mol. The Kier molecular flexibility index (Phi) is 3.69. The van der Waals surface area contributed by atoms with E-state index in [0.29, 0.717) is 0 Å². The molecule has 0 aliphatic rings. The Morgan fingerprint density at radius 2 is 1.63 bits per heavy atom. The van der Waals surface area contributed by atoms with E-state index in [1.807, 2.05) is 0 Å². The first-order chi connectivity index (χ1) is 8.82. The quantitative estimate of drug-likeness (QED) is 0.882. The van der Waals surface area contributed by atoms with Crippen molar-refractivity contribution in [1.82, 2.24) is 0 Å². The lowest BCUT2D eigenvalue weighted by atomic mass is 9.85. The van der Waals surface area contributed by atoms with Gasteiger partial charge in [0.2, 0.25) is 0 Å². The molecule has 2 rings (SSSR count). The standard InChI is InChI=1S/C14H11BrF3N/c1-14(19,8-5-9(16)7-10(17)6-8)11-3-2-4-12(15)13(11)18/h2-7H,19H2,1H3. The summed E-state index contributed by atoms with van der Waals surface area (Å²) in [5, 5.41) is 0. The van der Waals surface area contributed by atoms with Crippen LogP contribution in [0.15, 0.2) is 40.9 Å². The average molecular weight is 330 g/mol. The van der Waals surface area contributed by atoms with Gasteiger partial charge in [-0.05, 0) is 46.6 Å². The van der Waals surface area contributed by atoms with E-state index in [0.717, 1.165) is 18.2 Å². The Bertz CT molecular complexity index is 606. The van der Waals surface area contributed by atoms with Crippen LogP contribution >= 0.6 is 15.9 Å². The number of halogens is 4. The van der Waals surface area contributed by atoms with Gasteiger partial charge in [-0.25, -0.2) is 13.2 Å². The van der Waals surface area contributed by atoms with E-state index in [-0.39, 0.29) is 15.6 Å². The molecule has 1 atom stereocenters. The Hall–Kier alpha value is -1.33. The van der Waals surface area contributed by atoms with Gasteiger partial charge < -0.3 is 5.73 Å². The van der Waals surface area contributed by atoms with Crippen LogP contribution in [0.3, 0.4) is 0 Å². The third kappa shape index (κ3) is 2.67. The van der Waals surface area contributed by atoms with Gasteiger partial charge in [0.1, 0.15) is 17.5 Å². The van der Waals surface area contributed by atoms with Crippen LogP contribution in [-0.4, -0.2) is 0 Å². The van der Waals surface area contributed by atoms with Crippen LogP contribution in [0.1, 0.15) is 18.1 Å². The highest BCUT2D eigenvalue weighted by atomic mass is 79.9. The molecule has 0 aliphatic carbocycles. The van der Waals surface area contributed by atoms with Crippen LogP contribution in [0.5, 0.6) is 0 Å². The molecule has 0 saturated carbocycles. The van der Waals surface area contributed by atoms with Gasteiger partial charge in [0, 0.05) is 11.6 Å². The topological polar surface area (TPSA) is 26.0 Å². The number of hydrogen-bond acceptors (Lipinski definition) is 1. The Morgan fingerprint density at radius 3 is 2.21 bits per heavy atom. The molecule has 0 amide bonds. The fraction of sp³-hybridized carbons (Fsp3) is 0.143. The molecule has 19 heavy (non-hydrogen) atoms. The van der Waals surface area contributed by atoms with E-state index in [1.54, 1.807) is 6.07 Å². The second-order valence-electron chi connectivity index (χ2n) is 4.46. The molecule has 0 aliphatic heterocycles. The van der Waals surface area contributed by atoms with E-state index in [4.69, 9.17) is 5.73 Å². The summed E-state index contributed by atoms with van der Waals surface area (Å²) in [5.74, 6) is -2.04. The van der Waals surface area contributed by atoms with Crippen LogP contribution in [0, 0.1) is 17.5 Å². The molecule has 2 N–H and O–H groups in total. The SMILES string of the molecule is CC(N)(c1cc(F)cc(F)c1)c1cccc(Br)c1F. The Balaban J connectivity index is 2.61. The van der Waals surface area contributed by atoms with E-state index in [2.05, 4.69) is 15.9 Å². The van der Waals surface area contributed by atoms with Crippen molar-refractivity contribution in [2.24, 2.45) is 5.73 Å². The lowest BCUT2D eigenvalue weighted by molar-refractivity contribution is 0.514. The summed E-state index contributed by atoms with van der Waals surface area (Å²) in [7, 11) is 0. The number of rotatable bonds is 2. The van der Waals surface area contributed by atoms with Crippen molar-refractivity contribution >= 4 is 15.9 Å². The molecule has 1 unspecified atom stereocenters. The largest absolute Gasteiger partial charge is 0.318 e. The molecule has 5 heteroatoms. The van der Waals surface area contributed by atoms with Crippen LogP contribution in [0.4, 0.5) is 13.2 Å². The zero-order valence-electron chi connectivity index (χ0n) is 10.1. The number of hydrogen-bond donors (Lipinski definition) is 1. The molecule has 0 radical (unpaired) electrons. The van der Waals surface area contributed by atoms with Gasteiger partial charge in [-0.2, -0.15) is 0 Å². The van der Waals surface area contributed by atoms with Gasteiger partial charge in [0.05, 0.1) is 10.0 Å². The summed E-state index contributed by atoms with van der Waals surface area (Å²) >= 11 is 3.06. The molecule has 0 aromatic heterocycles. The minimum absolute atomic E-state index is 0.159. The van der Waals surface area contributed by atoms with Crippen molar-refractivity contribution < 1.29 is 13.2 Å². The smallest absolute Gasteiger partial charge is 0.142 e. The average Bonchev–Trinajstić information content (AvgIpc) is 2.31. The molecule has 0 heterocycles. The van der Waals surface area contributed by atoms with Gasteiger partial charge in [0.25, 0.3) is 0 Å². The van der Waals surface area contributed by atoms with Gasteiger partial charge in [0.15, 0.2) is 0 Å². The Labute approximate surface area is 117 Å². The van der Waals surface area contributed by atoms with E-state index < -0.39 is 23.0 Å². The Morgan fingerprint density at radius 1 is 1.05 bits per heavy atom. The molecule has 0 spiro atoms. The third-order valence-electron chi connectivity index (χ3n) is 2.97. The summed E-state index contributed by atoms with van der Waals surface area (Å²) in [6.07, 6.45) is 0. The molecule has 0 bridgehead atoms. The fourth-order valence-corrected chi connectivity index (χ4v) is 2.28. The maximum absolute atomic E-state index is 14.1. The van der Waals surface area contributed by atoms with Gasteiger partial charge in [-0.3, -0.25) is 0 Å². The number of benzene rings is 2. The molecular weight excluding hydrogens is 319 g/mol. The maximum atomic E-state index is 14.1. The van der Waals surface area contributed by atoms with Gasteiger partial charge in [-0.15, -0.1) is 0 Å². The third-order valence-corrected chi connectivity index (χ3v) is 3.59. The molecular formula is C14H11BrF3N.